The van der Waals surface area contributed by atoms with Crippen LogP contribution >= 0.6 is 0 Å². The number of carbonyl (C=O) groups is 10. The van der Waals surface area contributed by atoms with E-state index in [0.29, 0.717) is 19.3 Å². The molecule has 0 heterocycles. The van der Waals surface area contributed by atoms with Crippen molar-refractivity contribution in [2.45, 2.75) is 67.7 Å². The molecule has 0 spiro atoms. The summed E-state index contributed by atoms with van der Waals surface area (Å²) in [5.74, 6) is -5.70. The highest BCUT2D eigenvalue weighted by Gasteiger charge is 2.37. The highest BCUT2D eigenvalue weighted by atomic mass is 16.6. The van der Waals surface area contributed by atoms with Gasteiger partial charge in [-0.05, 0) is 33.1 Å². The van der Waals surface area contributed by atoms with Gasteiger partial charge in [-0.3, -0.25) is 4.79 Å². The predicted octanol–water partition coefficient (Wildman–Crippen LogP) is 6.37. The Bertz CT molecular complexity index is 2020. The molecule has 0 saturated heterocycles. The van der Waals surface area contributed by atoms with E-state index in [0.717, 1.165) is 54.7 Å². The number of rotatable bonds is 46. The highest BCUT2D eigenvalue weighted by Crippen LogP contribution is 2.30. The Hall–Kier alpha value is -7.80. The summed E-state index contributed by atoms with van der Waals surface area (Å²) in [6, 6.07) is 0. The van der Waals surface area contributed by atoms with Crippen LogP contribution in [0.1, 0.15) is 67.7 Å². The quantitative estimate of drug-likeness (QED) is 0.0276. The van der Waals surface area contributed by atoms with Gasteiger partial charge in [0, 0.05) is 65.5 Å². The number of hydrogen-bond acceptors (Lipinski definition) is 24. The zero-order valence-corrected chi connectivity index (χ0v) is 50.7. The second kappa shape index (κ2) is 46.6. The monoisotopic (exact) mass is 1210 g/mol. The number of carbonyl (C=O) groups excluding carboxylic acids is 10. The minimum atomic E-state index is -0.980. The molecule has 0 bridgehead atoms. The fourth-order valence-corrected chi connectivity index (χ4v) is 5.75. The van der Waals surface area contributed by atoms with Gasteiger partial charge in [-0.15, -0.1) is 0 Å². The maximum absolute atomic E-state index is 12.0. The van der Waals surface area contributed by atoms with E-state index in [4.69, 9.17) is 66.3 Å². The molecule has 24 nitrogen and oxygen atoms in total. The van der Waals surface area contributed by atoms with Crippen LogP contribution in [0.4, 0.5) is 0 Å². The third-order valence-corrected chi connectivity index (χ3v) is 11.6. The summed E-state index contributed by atoms with van der Waals surface area (Å²) in [4.78, 5) is 114. The summed E-state index contributed by atoms with van der Waals surface area (Å²) in [7, 11) is 0. The van der Waals surface area contributed by atoms with E-state index in [-0.39, 0.29) is 119 Å². The van der Waals surface area contributed by atoms with Crippen molar-refractivity contribution in [3.63, 3.8) is 0 Å². The minimum absolute atomic E-state index is 0.0326. The van der Waals surface area contributed by atoms with Gasteiger partial charge < -0.3 is 66.3 Å². The Labute approximate surface area is 500 Å². The van der Waals surface area contributed by atoms with E-state index in [1.54, 1.807) is 27.7 Å². The third-order valence-electron chi connectivity index (χ3n) is 11.6. The average molecular weight is 1210 g/mol. The van der Waals surface area contributed by atoms with Crippen LogP contribution in [0.25, 0.3) is 0 Å². The van der Waals surface area contributed by atoms with Crippen LogP contribution in [-0.4, -0.2) is 179 Å². The Morgan fingerprint density at radius 2 is 0.482 bits per heavy atom. The molecule has 85 heavy (non-hydrogen) atoms. The molecule has 0 aliphatic heterocycles. The highest BCUT2D eigenvalue weighted by molar-refractivity contribution is 5.84. The van der Waals surface area contributed by atoms with Crippen LogP contribution in [0.5, 0.6) is 0 Å². The van der Waals surface area contributed by atoms with Crippen molar-refractivity contribution in [1.82, 2.24) is 0 Å². The molecule has 0 aliphatic rings. The van der Waals surface area contributed by atoms with Gasteiger partial charge in [-0.25, -0.2) is 43.2 Å². The molecule has 0 aromatic rings. The molecule has 0 aromatic heterocycles. The lowest BCUT2D eigenvalue weighted by molar-refractivity contribution is -0.164. The Kier molecular flexibility index (Phi) is 44.6. The molecule has 0 saturated carbocycles. The van der Waals surface area contributed by atoms with Crippen molar-refractivity contribution in [3.05, 3.63) is 114 Å². The zero-order chi connectivity index (χ0) is 65.4. The number of hydrogen-bond donors (Lipinski definition) is 0. The molecule has 0 rings (SSSR count). The van der Waals surface area contributed by atoms with Crippen LogP contribution in [0.3, 0.4) is 0 Å². The number of ether oxygens (including phenoxy) is 14. The fourth-order valence-electron chi connectivity index (χ4n) is 5.75. The normalized spacial score (nSPS) is 11.0. The first-order valence-corrected chi connectivity index (χ1v) is 26.7. The average Bonchev–Trinajstić information content (AvgIpc) is 3.67. The lowest BCUT2D eigenvalue weighted by Crippen LogP contribution is -2.42. The van der Waals surface area contributed by atoms with E-state index in [9.17, 15) is 47.9 Å². The molecular weight excluding hydrogens is 1120 g/mol. The molecule has 0 amide bonds. The van der Waals surface area contributed by atoms with Crippen LogP contribution in [0, 0.1) is 27.1 Å². The first-order valence-electron chi connectivity index (χ1n) is 26.7. The summed E-state index contributed by atoms with van der Waals surface area (Å²) in [6.45, 7) is 43.9. The van der Waals surface area contributed by atoms with Gasteiger partial charge in [-0.2, -0.15) is 0 Å². The second-order valence-electron chi connectivity index (χ2n) is 19.8. The molecule has 0 aromatic carbocycles. The molecule has 0 aliphatic carbocycles. The summed E-state index contributed by atoms with van der Waals surface area (Å²) < 4.78 is 73.3. The van der Waals surface area contributed by atoms with Gasteiger partial charge in [0.15, 0.2) is 0 Å². The van der Waals surface area contributed by atoms with Crippen molar-refractivity contribution >= 4 is 59.7 Å². The smallest absolute Gasteiger partial charge is 0.330 e. The zero-order valence-electron chi connectivity index (χ0n) is 50.7. The Balaban J connectivity index is -0.00000121. The molecule has 0 fully saturated rings. The largest absolute Gasteiger partial charge is 0.464 e. The lowest BCUT2D eigenvalue weighted by Gasteiger charge is -2.35. The summed E-state index contributed by atoms with van der Waals surface area (Å²) >= 11 is 0. The van der Waals surface area contributed by atoms with E-state index >= 15 is 0 Å². The van der Waals surface area contributed by atoms with E-state index in [2.05, 4.69) is 59.2 Å². The number of esters is 10. The topological polar surface area (TPSA) is 300 Å². The summed E-state index contributed by atoms with van der Waals surface area (Å²) in [6.07, 6.45) is 11.0. The SMILES string of the molecule is C=CC(=O)OCC(C)(C)COC(=O)C(C)(C)COC(=O)C=C.C=CC(=O)OCC(CC)(COCC(CC)(COC(=O)C=C)COC(=O)C=C)COC(=O)C=C.C=CC(=O)OCCOCC(CC)(COCCOC(=O)C=C)COCCOC(=O)C=C. The first-order chi connectivity index (χ1) is 40.1. The van der Waals surface area contributed by atoms with E-state index in [1.807, 2.05) is 20.8 Å². The third kappa shape index (κ3) is 40.2. The molecule has 478 valence electrons. The van der Waals surface area contributed by atoms with Gasteiger partial charge in [0.25, 0.3) is 0 Å². The molecule has 0 radical (unpaired) electrons. The van der Waals surface area contributed by atoms with Crippen LogP contribution in [0.15, 0.2) is 114 Å². The van der Waals surface area contributed by atoms with Gasteiger partial charge in [0.05, 0.1) is 82.3 Å². The van der Waals surface area contributed by atoms with Gasteiger partial charge >= 0.3 is 59.7 Å². The molecule has 0 N–H and O–H groups in total. The Morgan fingerprint density at radius 1 is 0.271 bits per heavy atom. The van der Waals surface area contributed by atoms with Gasteiger partial charge in [0.1, 0.15) is 52.9 Å². The lowest BCUT2D eigenvalue weighted by atomic mass is 9.86. The predicted molar refractivity (Wildman–Crippen MR) is 310 cm³/mol. The molecule has 0 unspecified atom stereocenters. The van der Waals surface area contributed by atoms with Crippen LogP contribution < -0.4 is 0 Å². The van der Waals surface area contributed by atoms with Crippen molar-refractivity contribution < 1.29 is 114 Å². The van der Waals surface area contributed by atoms with Crippen molar-refractivity contribution in [1.29, 1.82) is 0 Å². The fraction of sp³-hybridized carbons (Fsp3) is 0.541. The first kappa shape index (κ1) is 81.4. The van der Waals surface area contributed by atoms with Crippen molar-refractivity contribution in [3.8, 4) is 0 Å². The van der Waals surface area contributed by atoms with Gasteiger partial charge in [-0.1, -0.05) is 93.8 Å². The standard InChI is InChI=1S/C24H34O9.C21H32O9.C16H24O6/c1-7-19(25)30-15-23(11-5,16-31-20(26)8-2)13-29-14-24(12-6,17-32-21(27)9-3)18-33-22(28)10-4;1-5-18(22)28-12-9-25-15-21(8-4,16-26-10-13-29-19(23)6-2)17-27-11-14-30-20(24)7-3;1-7-12(17)20-9-15(3,4)10-22-14(19)16(5,6)11-21-13(18)8-2/h7-10H,1-4,11-18H2,5-6H3;5-7H,1-3,8-17H2,4H3;7-8H,1-2,9-11H2,3-6H3. The van der Waals surface area contributed by atoms with E-state index < -0.39 is 86.8 Å². The van der Waals surface area contributed by atoms with Gasteiger partial charge in [0.2, 0.25) is 0 Å². The van der Waals surface area contributed by atoms with Crippen molar-refractivity contribution in [2.24, 2.45) is 27.1 Å². The van der Waals surface area contributed by atoms with E-state index in [1.165, 1.54) is 0 Å². The maximum atomic E-state index is 12.0. The van der Waals surface area contributed by atoms with Crippen LogP contribution in [-0.2, 0) is 114 Å². The summed E-state index contributed by atoms with van der Waals surface area (Å²) in [5.41, 5.74) is -3.72. The minimum Gasteiger partial charge on any atom is -0.464 e. The Morgan fingerprint density at radius 3 is 0.741 bits per heavy atom. The summed E-state index contributed by atoms with van der Waals surface area (Å²) in [5, 5.41) is 0. The molecule has 0 atom stereocenters. The molecule has 24 heteroatoms. The molecular formula is C61H90O24. The van der Waals surface area contributed by atoms with Crippen molar-refractivity contribution in [2.75, 3.05) is 119 Å². The van der Waals surface area contributed by atoms with Crippen LogP contribution in [0.2, 0.25) is 0 Å². The maximum Gasteiger partial charge on any atom is 0.330 e. The second-order valence-corrected chi connectivity index (χ2v) is 19.8.